The molecule has 0 fully saturated rings. The van der Waals surface area contributed by atoms with Crippen molar-refractivity contribution in [1.29, 1.82) is 0 Å². The molecule has 1 aromatic heterocycles. The number of thioether (sulfide) groups is 1. The van der Waals surface area contributed by atoms with Crippen LogP contribution in [-0.4, -0.2) is 5.75 Å². The minimum atomic E-state index is 0. The molecule has 82 valence electrons. The van der Waals surface area contributed by atoms with Gasteiger partial charge in [0.2, 0.25) is 5.43 Å². The zero-order chi connectivity index (χ0) is 10.3. The minimum absolute atomic E-state index is 0. The first-order chi connectivity index (χ1) is 7.36. The van der Waals surface area contributed by atoms with Crippen molar-refractivity contribution >= 4 is 28.8 Å². The molecule has 0 amide bonds. The summed E-state index contributed by atoms with van der Waals surface area (Å²) in [5, 5.41) is 0.666. The van der Waals surface area contributed by atoms with Gasteiger partial charge in [-0.05, 0) is 18.2 Å². The van der Waals surface area contributed by atoms with Gasteiger partial charge in [0.15, 0.2) is 0 Å². The maximum absolute atomic E-state index is 12.1. The molecule has 0 radical (unpaired) electrons. The summed E-state index contributed by atoms with van der Waals surface area (Å²) in [4.78, 5) is 12.8. The van der Waals surface area contributed by atoms with Crippen LogP contribution in [0.15, 0.2) is 44.4 Å². The lowest BCUT2D eigenvalue weighted by atomic mass is 10.2. The van der Waals surface area contributed by atoms with Gasteiger partial charge in [0.1, 0.15) is 11.3 Å². The van der Waals surface area contributed by atoms with Crippen molar-refractivity contribution < 1.29 is 4.42 Å². The number of hydrogen-bond acceptors (Lipinski definition) is 4. The van der Waals surface area contributed by atoms with Gasteiger partial charge in [-0.1, -0.05) is 18.2 Å². The lowest BCUT2D eigenvalue weighted by Gasteiger charge is -2.08. The van der Waals surface area contributed by atoms with E-state index in [4.69, 9.17) is 4.42 Å². The molecule has 4 heteroatoms. The summed E-state index contributed by atoms with van der Waals surface area (Å²) in [5.74, 6) is 1.53. The summed E-state index contributed by atoms with van der Waals surface area (Å²) in [7, 11) is 0. The Morgan fingerprint density at radius 2 is 2.06 bits per heavy atom. The van der Waals surface area contributed by atoms with Crippen LogP contribution in [0.1, 0.15) is 5.76 Å². The van der Waals surface area contributed by atoms with E-state index in [1.807, 2.05) is 30.4 Å². The second-order valence-electron chi connectivity index (χ2n) is 3.33. The van der Waals surface area contributed by atoms with Crippen molar-refractivity contribution in [2.24, 2.45) is 0 Å². The van der Waals surface area contributed by atoms with Gasteiger partial charge in [-0.3, -0.25) is 4.79 Å². The normalized spacial score (nSPS) is 13.2. The van der Waals surface area contributed by atoms with Crippen molar-refractivity contribution in [2.75, 3.05) is 5.75 Å². The average Bonchev–Trinajstić information content (AvgIpc) is 2.30. The van der Waals surface area contributed by atoms with E-state index in [0.29, 0.717) is 16.7 Å². The fourth-order valence-corrected chi connectivity index (χ4v) is 2.53. The Balaban J connectivity index is 0.000000963. The first kappa shape index (κ1) is 11.0. The van der Waals surface area contributed by atoms with Gasteiger partial charge in [0.25, 0.3) is 0 Å². The van der Waals surface area contributed by atoms with Crippen molar-refractivity contribution in [3.63, 3.8) is 0 Å². The Morgan fingerprint density at radius 3 is 2.94 bits per heavy atom. The fraction of sp³-hybridized carbons (Fsp3) is 0.0833. The van der Waals surface area contributed by atoms with Crippen LogP contribution in [0.25, 0.3) is 17.0 Å². The van der Waals surface area contributed by atoms with Gasteiger partial charge >= 0.3 is 0 Å². The SMILES string of the molecule is N.O=c1c2c(oc3ccccc13)C=CCS2. The van der Waals surface area contributed by atoms with E-state index in [-0.39, 0.29) is 11.6 Å². The molecule has 0 aliphatic carbocycles. The van der Waals surface area contributed by atoms with E-state index < -0.39 is 0 Å². The molecule has 0 spiro atoms. The van der Waals surface area contributed by atoms with Crippen LogP contribution >= 0.6 is 11.8 Å². The van der Waals surface area contributed by atoms with Gasteiger partial charge < -0.3 is 10.6 Å². The van der Waals surface area contributed by atoms with Crippen LogP contribution in [0.5, 0.6) is 0 Å². The van der Waals surface area contributed by atoms with Crippen LogP contribution in [0.2, 0.25) is 0 Å². The molecule has 1 aliphatic rings. The second kappa shape index (κ2) is 4.15. The highest BCUT2D eigenvalue weighted by atomic mass is 32.2. The Bertz CT molecular complexity index is 616. The van der Waals surface area contributed by atoms with Crippen molar-refractivity contribution in [3.05, 3.63) is 46.3 Å². The molecule has 16 heavy (non-hydrogen) atoms. The molecule has 2 heterocycles. The number of para-hydroxylation sites is 1. The smallest absolute Gasteiger partial charge is 0.206 e. The lowest BCUT2D eigenvalue weighted by Crippen LogP contribution is -2.08. The van der Waals surface area contributed by atoms with E-state index in [0.717, 1.165) is 10.6 Å². The second-order valence-corrected chi connectivity index (χ2v) is 4.36. The highest BCUT2D eigenvalue weighted by molar-refractivity contribution is 7.99. The highest BCUT2D eigenvalue weighted by Gasteiger charge is 2.14. The van der Waals surface area contributed by atoms with E-state index >= 15 is 0 Å². The van der Waals surface area contributed by atoms with E-state index in [1.54, 1.807) is 6.07 Å². The summed E-state index contributed by atoms with van der Waals surface area (Å²) < 4.78 is 5.66. The van der Waals surface area contributed by atoms with Crippen LogP contribution in [0.3, 0.4) is 0 Å². The monoisotopic (exact) mass is 233 g/mol. The average molecular weight is 233 g/mol. The number of hydrogen-bond donors (Lipinski definition) is 1. The van der Waals surface area contributed by atoms with Crippen LogP contribution in [0.4, 0.5) is 0 Å². The molecule has 0 saturated carbocycles. The molecule has 3 nitrogen and oxygen atoms in total. The Morgan fingerprint density at radius 1 is 1.25 bits per heavy atom. The maximum atomic E-state index is 12.1. The van der Waals surface area contributed by atoms with Gasteiger partial charge in [-0.2, -0.15) is 0 Å². The largest absolute Gasteiger partial charge is 0.455 e. The van der Waals surface area contributed by atoms with Crippen LogP contribution in [-0.2, 0) is 0 Å². The lowest BCUT2D eigenvalue weighted by molar-refractivity contribution is 0.574. The highest BCUT2D eigenvalue weighted by Crippen LogP contribution is 2.28. The maximum Gasteiger partial charge on any atom is 0.206 e. The summed E-state index contributed by atoms with van der Waals surface area (Å²) in [6.45, 7) is 0. The fourth-order valence-electron chi connectivity index (χ4n) is 1.68. The van der Waals surface area contributed by atoms with E-state index in [9.17, 15) is 4.79 Å². The Kier molecular flexibility index (Phi) is 2.85. The molecular formula is C12H11NO2S. The molecule has 1 aromatic carbocycles. The van der Waals surface area contributed by atoms with Crippen molar-refractivity contribution in [1.82, 2.24) is 6.15 Å². The summed E-state index contributed by atoms with van der Waals surface area (Å²) in [6.07, 6.45) is 3.88. The quantitative estimate of drug-likeness (QED) is 0.759. The Labute approximate surface area is 96.7 Å². The van der Waals surface area contributed by atoms with Gasteiger partial charge in [-0.25, -0.2) is 0 Å². The molecule has 0 bridgehead atoms. The third-order valence-corrected chi connectivity index (χ3v) is 3.41. The minimum Gasteiger partial charge on any atom is -0.455 e. The van der Waals surface area contributed by atoms with Crippen molar-refractivity contribution in [3.8, 4) is 0 Å². The number of benzene rings is 1. The first-order valence-corrected chi connectivity index (χ1v) is 5.70. The van der Waals surface area contributed by atoms with Crippen LogP contribution in [0, 0.1) is 0 Å². The van der Waals surface area contributed by atoms with Gasteiger partial charge in [0.05, 0.1) is 10.3 Å². The van der Waals surface area contributed by atoms with Crippen LogP contribution < -0.4 is 11.6 Å². The first-order valence-electron chi connectivity index (χ1n) is 4.71. The number of rotatable bonds is 0. The summed E-state index contributed by atoms with van der Waals surface area (Å²) in [5.41, 5.74) is 0.745. The standard InChI is InChI=1S/C12H8O2S.H3N/c13-11-8-4-1-2-5-9(8)14-10-6-3-7-15-12(10)11;/h1-6H,7H2;1H3. The molecule has 0 atom stereocenters. The Hall–Kier alpha value is -1.52. The zero-order valence-electron chi connectivity index (χ0n) is 8.60. The molecule has 0 saturated heterocycles. The molecule has 3 rings (SSSR count). The molecule has 2 aromatic rings. The van der Waals surface area contributed by atoms with Gasteiger partial charge in [-0.15, -0.1) is 11.8 Å². The summed E-state index contributed by atoms with van der Waals surface area (Å²) >= 11 is 1.54. The molecule has 3 N–H and O–H groups in total. The van der Waals surface area contributed by atoms with E-state index in [2.05, 4.69) is 0 Å². The molecule has 1 aliphatic heterocycles. The topological polar surface area (TPSA) is 65.2 Å². The third kappa shape index (κ3) is 1.56. The third-order valence-electron chi connectivity index (χ3n) is 2.37. The van der Waals surface area contributed by atoms with Gasteiger partial charge in [0, 0.05) is 5.75 Å². The molecular weight excluding hydrogens is 222 g/mol. The van der Waals surface area contributed by atoms with E-state index in [1.165, 1.54) is 11.8 Å². The molecule has 0 unspecified atom stereocenters. The predicted octanol–water partition coefficient (Wildman–Crippen LogP) is 3.07. The number of fused-ring (bicyclic) bond motifs is 2. The van der Waals surface area contributed by atoms with Crippen molar-refractivity contribution in [2.45, 2.75) is 4.90 Å². The zero-order valence-corrected chi connectivity index (χ0v) is 9.42. The summed E-state index contributed by atoms with van der Waals surface area (Å²) in [6, 6.07) is 7.36. The predicted molar refractivity (Wildman–Crippen MR) is 67.3 cm³/mol.